The van der Waals surface area contributed by atoms with Crippen LogP contribution in [0.3, 0.4) is 0 Å². The van der Waals surface area contributed by atoms with Crippen molar-refractivity contribution in [2.75, 3.05) is 18.1 Å². The van der Waals surface area contributed by atoms with Crippen molar-refractivity contribution in [1.29, 1.82) is 0 Å². The van der Waals surface area contributed by atoms with Crippen LogP contribution >= 0.6 is 23.5 Å². The zero-order chi connectivity index (χ0) is 82.1. The SMILES string of the molecule is CCC[C@@H]1NC(=O)[C@H](Cc2c[nH]c3ncccc23)NC(=O)[C@H]([C@@H](C)O)NC(=O)[C@@H]2C[C@H](N)CN2C(=O)[C@H](Cc2ccc(O)cc2)NC(=O)[C@H](C(C)(C)C)NC(=O)CCSCc2cccc(c2)CSC[C@@H](C(N)=O)NC(=O)[C@H]([C@@H](C)O)NC(=O)[C@H](CCC)NC(=O)[C@H](CCc2ccc(O)cc2)NC(=O)[C@H](CCC(=O)O)NC1=O. The molecule has 0 spiro atoms. The molecule has 35 heteroatoms. The first-order chi connectivity index (χ1) is 53.1. The molecular formula is C77H105N15O18S2. The van der Waals surface area contributed by atoms with E-state index in [0.717, 1.165) is 16.0 Å². The summed E-state index contributed by atoms with van der Waals surface area (Å²) >= 11 is 2.68. The number of carboxylic acids is 1. The number of aromatic nitrogens is 2. The molecule has 112 heavy (non-hydrogen) atoms. The number of aliphatic carboxylic acids is 1. The van der Waals surface area contributed by atoms with E-state index in [1.807, 2.05) is 24.3 Å². The Labute approximate surface area is 657 Å². The molecule has 2 bridgehead atoms. The number of aliphatic hydroxyl groups excluding tert-OH is 2. The van der Waals surface area contributed by atoms with E-state index in [4.69, 9.17) is 11.5 Å². The maximum Gasteiger partial charge on any atom is 0.303 e. The molecule has 5 aromatic rings. The van der Waals surface area contributed by atoms with Crippen LogP contribution in [0.1, 0.15) is 134 Å². The molecule has 2 aliphatic heterocycles. The van der Waals surface area contributed by atoms with Gasteiger partial charge in [-0.05, 0) is 122 Å². The molecule has 0 radical (unpaired) electrons. The summed E-state index contributed by atoms with van der Waals surface area (Å²) in [5, 5.41) is 79.4. The maximum absolute atomic E-state index is 15.2. The third kappa shape index (κ3) is 26.7. The molecule has 1 fully saturated rings. The smallest absolute Gasteiger partial charge is 0.303 e. The molecule has 12 amide bonds. The third-order valence-electron chi connectivity index (χ3n) is 19.0. The van der Waals surface area contributed by atoms with Crippen LogP contribution in [0.2, 0.25) is 0 Å². The molecule has 608 valence electrons. The van der Waals surface area contributed by atoms with Crippen molar-refractivity contribution in [1.82, 2.24) is 68.0 Å². The number of aliphatic hydroxyl groups is 2. The molecule has 20 N–H and O–H groups in total. The van der Waals surface area contributed by atoms with Crippen LogP contribution in [0.4, 0.5) is 0 Å². The van der Waals surface area contributed by atoms with E-state index in [1.54, 1.807) is 58.9 Å². The average molecular weight is 1590 g/mol. The lowest BCUT2D eigenvalue weighted by Gasteiger charge is -2.34. The molecule has 1 saturated heterocycles. The summed E-state index contributed by atoms with van der Waals surface area (Å²) in [5.41, 5.74) is 14.9. The molecule has 4 heterocycles. The maximum atomic E-state index is 15.2. The van der Waals surface area contributed by atoms with Gasteiger partial charge in [0.15, 0.2) is 0 Å². The molecule has 2 aromatic heterocycles. The summed E-state index contributed by atoms with van der Waals surface area (Å²) in [5.74, 6) is -11.5. The number of carbonyl (C=O) groups is 13. The first-order valence-electron chi connectivity index (χ1n) is 37.3. The number of phenols is 2. The van der Waals surface area contributed by atoms with Crippen molar-refractivity contribution >= 4 is 111 Å². The number of carbonyl (C=O) groups excluding carboxylic acids is 12. The summed E-state index contributed by atoms with van der Waals surface area (Å²) in [7, 11) is 0. The van der Waals surface area contributed by atoms with Gasteiger partial charge >= 0.3 is 5.97 Å². The van der Waals surface area contributed by atoms with Gasteiger partial charge in [0.1, 0.15) is 83.6 Å². The Hall–Kier alpha value is -10.4. The Kier molecular flexibility index (Phi) is 33.6. The van der Waals surface area contributed by atoms with Gasteiger partial charge in [0, 0.05) is 79.1 Å². The molecular weight excluding hydrogens is 1490 g/mol. The Bertz CT molecular complexity index is 4120. The zero-order valence-electron chi connectivity index (χ0n) is 63.8. The second kappa shape index (κ2) is 42.3. The second-order valence-electron chi connectivity index (χ2n) is 29.3. The largest absolute Gasteiger partial charge is 0.508 e. The highest BCUT2D eigenvalue weighted by Gasteiger charge is 2.45. The van der Waals surface area contributed by atoms with Gasteiger partial charge in [-0.1, -0.05) is 96.0 Å². The summed E-state index contributed by atoms with van der Waals surface area (Å²) < 4.78 is 0. The van der Waals surface area contributed by atoms with E-state index >= 15 is 9.59 Å². The number of H-pyrrole nitrogens is 1. The number of aryl methyl sites for hydroxylation is 1. The number of nitrogens with one attached hydrogen (secondary N) is 11. The van der Waals surface area contributed by atoms with E-state index in [-0.39, 0.29) is 88.0 Å². The number of aromatic hydroxyl groups is 2. The summed E-state index contributed by atoms with van der Waals surface area (Å²) in [6.07, 6.45) is -2.13. The number of nitrogens with two attached hydrogens (primary N) is 2. The van der Waals surface area contributed by atoms with Gasteiger partial charge < -0.3 is 100 Å². The molecule has 2 aliphatic rings. The molecule has 3 aromatic carbocycles. The molecule has 0 aliphatic carbocycles. The average Bonchev–Trinajstić information content (AvgIpc) is 1.80. The van der Waals surface area contributed by atoms with Crippen molar-refractivity contribution in [3.8, 4) is 11.5 Å². The summed E-state index contributed by atoms with van der Waals surface area (Å²) in [4.78, 5) is 194. The Balaban J connectivity index is 1.24. The van der Waals surface area contributed by atoms with Crippen molar-refractivity contribution in [3.05, 3.63) is 125 Å². The Morgan fingerprint density at radius 2 is 1.10 bits per heavy atom. The van der Waals surface area contributed by atoms with E-state index in [1.165, 1.54) is 86.2 Å². The Morgan fingerprint density at radius 1 is 0.589 bits per heavy atom. The minimum Gasteiger partial charge on any atom is -0.508 e. The van der Waals surface area contributed by atoms with Crippen molar-refractivity contribution in [2.45, 2.75) is 222 Å². The topological polar surface area (TPSA) is 527 Å². The van der Waals surface area contributed by atoms with E-state index in [9.17, 15) is 78.3 Å². The summed E-state index contributed by atoms with van der Waals surface area (Å²) in [6.45, 7) is 10.7. The van der Waals surface area contributed by atoms with Crippen LogP contribution in [0.15, 0.2) is 97.3 Å². The van der Waals surface area contributed by atoms with E-state index in [2.05, 4.69) is 63.1 Å². The highest BCUT2D eigenvalue weighted by Crippen LogP contribution is 2.26. The lowest BCUT2D eigenvalue weighted by Crippen LogP contribution is -2.62. The number of amides is 12. The number of primary amides is 1. The predicted molar refractivity (Wildman–Crippen MR) is 418 cm³/mol. The number of phenolic OH excluding ortho intramolecular Hbond substituents is 2. The quantitative estimate of drug-likeness (QED) is 0.0602. The molecule has 33 nitrogen and oxygen atoms in total. The first-order valence-corrected chi connectivity index (χ1v) is 39.6. The number of carboxylic acid groups (broad SMARTS) is 1. The fraction of sp³-hybridized carbons (Fsp3) is 0.506. The number of pyridine rings is 1. The predicted octanol–water partition coefficient (Wildman–Crippen LogP) is 0.497. The van der Waals surface area contributed by atoms with Crippen LogP contribution < -0.4 is 64.6 Å². The highest BCUT2D eigenvalue weighted by molar-refractivity contribution is 7.98. The number of aromatic amines is 1. The lowest BCUT2D eigenvalue weighted by molar-refractivity contribution is -0.143. The van der Waals surface area contributed by atoms with Gasteiger partial charge in [-0.25, -0.2) is 4.98 Å². The fourth-order valence-corrected chi connectivity index (χ4v) is 14.8. The third-order valence-corrected chi connectivity index (χ3v) is 21.1. The number of benzene rings is 3. The minimum absolute atomic E-state index is 0.0301. The van der Waals surface area contributed by atoms with Crippen molar-refractivity contribution in [3.63, 3.8) is 0 Å². The highest BCUT2D eigenvalue weighted by atomic mass is 32.2. The number of thioether (sulfide) groups is 2. The van der Waals surface area contributed by atoms with Gasteiger partial charge in [-0.2, -0.15) is 23.5 Å². The summed E-state index contributed by atoms with van der Waals surface area (Å²) in [6, 6.07) is 4.79. The van der Waals surface area contributed by atoms with Crippen LogP contribution in [0.5, 0.6) is 11.5 Å². The molecule has 14 atom stereocenters. The first kappa shape index (κ1) is 88.9. The van der Waals surface area contributed by atoms with Crippen molar-refractivity contribution < 1.29 is 87.9 Å². The van der Waals surface area contributed by atoms with Gasteiger partial charge in [0.25, 0.3) is 0 Å². The Morgan fingerprint density at radius 3 is 1.65 bits per heavy atom. The van der Waals surface area contributed by atoms with Crippen LogP contribution in [-0.4, -0.2) is 220 Å². The van der Waals surface area contributed by atoms with Crippen molar-refractivity contribution in [2.24, 2.45) is 16.9 Å². The molecule has 0 unspecified atom stereocenters. The number of nitrogens with zero attached hydrogens (tertiary/aromatic N) is 2. The van der Waals surface area contributed by atoms with Gasteiger partial charge in [0.2, 0.25) is 70.9 Å². The normalized spacial score (nSPS) is 24.9. The number of rotatable bonds is 17. The van der Waals surface area contributed by atoms with E-state index in [0.29, 0.717) is 45.0 Å². The van der Waals surface area contributed by atoms with Crippen LogP contribution in [0.25, 0.3) is 11.0 Å². The van der Waals surface area contributed by atoms with Crippen LogP contribution in [-0.2, 0) is 93.1 Å². The van der Waals surface area contributed by atoms with Gasteiger partial charge in [-0.15, -0.1) is 0 Å². The number of hydrogen-bond acceptors (Lipinski definition) is 21. The van der Waals surface area contributed by atoms with Crippen LogP contribution in [0, 0.1) is 5.41 Å². The second-order valence-corrected chi connectivity index (χ2v) is 31.4. The van der Waals surface area contributed by atoms with Gasteiger partial charge in [0.05, 0.1) is 12.2 Å². The lowest BCUT2D eigenvalue weighted by atomic mass is 9.85. The number of fused-ring (bicyclic) bond motifs is 4. The monoisotopic (exact) mass is 1590 g/mol. The zero-order valence-corrected chi connectivity index (χ0v) is 65.4. The van der Waals surface area contributed by atoms with Gasteiger partial charge in [-0.3, -0.25) is 62.3 Å². The van der Waals surface area contributed by atoms with E-state index < -0.39 is 180 Å². The molecule has 7 rings (SSSR count). The standard InChI is InChI=1S/C77H105N15O18S2/c1-8-12-52-67(101)85-55(27-28-61(98)99)69(103)84-54(26-21-43-17-22-49(95)23-18-43)68(102)82-53(13-9-2)70(104)90-62(41(3)93)74(108)88-58(65(79)100)40-112-39-46-15-10-14-45(32-46)38-111-31-29-60(97)89-64(77(5,6)7)75(109)87-57(33-44-19-24-50(96)25-20-44)76(110)92-37-48(78)35-59(92)72(106)91-63(42(4)94)73(107)86-56(71(105)83-52)34-47-36-81-66-51(47)16-11-30-80-66/h10-11,14-20,22-25,30,32,36,41-42,48,52-59,62-64,93-96H,8-9,12-13,21,26-29,31,33-35,37-40,78H2,1-7H3,(H2,79,100)(H,80,81)(H,82,102)(H,83,105)(H,84,103)(H,85,101)(H,86,107)(H,87,109)(H,88,108)(H,89,97)(H,90,104)(H,91,106)(H,98,99)/t41-,42-,48+,52+,53+,54+,55+,56+,57+,58+,59+,62+,63+,64-/m1/s1. The molecule has 0 saturated carbocycles. The minimum atomic E-state index is -1.86. The number of hydrogen-bond donors (Lipinski definition) is 18. The fourth-order valence-electron chi connectivity index (χ4n) is 12.9.